The molecule has 0 fully saturated rings. The van der Waals surface area contributed by atoms with Crippen LogP contribution in [-0.4, -0.2) is 34.6 Å². The maximum Gasteiger partial charge on any atom is 0.291 e. The summed E-state index contributed by atoms with van der Waals surface area (Å²) >= 11 is 0. The van der Waals surface area contributed by atoms with Gasteiger partial charge in [0, 0.05) is 12.1 Å². The molecule has 6 heteroatoms. The van der Waals surface area contributed by atoms with Crippen molar-refractivity contribution in [2.45, 2.75) is 26.4 Å². The van der Waals surface area contributed by atoms with E-state index in [1.807, 2.05) is 44.2 Å². The molecule has 0 amide bonds. The SMILES string of the molecule is COc1ccc(C2=NO[C@@H](C(=O)n3nc(C)cc3C)C2)cc1. The lowest BCUT2D eigenvalue weighted by molar-refractivity contribution is 0.0452. The van der Waals surface area contributed by atoms with E-state index in [1.165, 1.54) is 4.68 Å². The Morgan fingerprint density at radius 3 is 2.64 bits per heavy atom. The van der Waals surface area contributed by atoms with E-state index < -0.39 is 6.10 Å². The van der Waals surface area contributed by atoms with Crippen molar-refractivity contribution in [3.8, 4) is 5.75 Å². The van der Waals surface area contributed by atoms with Gasteiger partial charge in [-0.3, -0.25) is 4.79 Å². The number of methoxy groups -OCH3 is 1. The summed E-state index contributed by atoms with van der Waals surface area (Å²) in [6.07, 6.45) is -0.195. The number of benzene rings is 1. The number of aromatic nitrogens is 2. The summed E-state index contributed by atoms with van der Waals surface area (Å²) in [6.45, 7) is 3.70. The molecular weight excluding hydrogens is 282 g/mol. The Kier molecular flexibility index (Phi) is 3.66. The standard InChI is InChI=1S/C16H17N3O3/c1-10-8-11(2)19(17-10)16(20)15-9-14(18-22-15)12-4-6-13(21-3)7-5-12/h4-8,15H,9H2,1-3H3/t15-/m1/s1. The average Bonchev–Trinajstić information content (AvgIpc) is 3.13. The molecule has 2 heterocycles. The highest BCUT2D eigenvalue weighted by molar-refractivity contribution is 6.04. The summed E-state index contributed by atoms with van der Waals surface area (Å²) in [4.78, 5) is 17.7. The highest BCUT2D eigenvalue weighted by atomic mass is 16.6. The van der Waals surface area contributed by atoms with Crippen LogP contribution in [0.5, 0.6) is 5.75 Å². The molecule has 1 atom stereocenters. The summed E-state index contributed by atoms with van der Waals surface area (Å²) in [6, 6.07) is 9.37. The van der Waals surface area contributed by atoms with Crippen molar-refractivity contribution in [1.29, 1.82) is 0 Å². The third kappa shape index (κ3) is 2.59. The minimum Gasteiger partial charge on any atom is -0.497 e. The fourth-order valence-corrected chi connectivity index (χ4v) is 2.45. The maximum absolute atomic E-state index is 12.4. The lowest BCUT2D eigenvalue weighted by Gasteiger charge is -2.08. The highest BCUT2D eigenvalue weighted by Crippen LogP contribution is 2.20. The number of aryl methyl sites for hydroxylation is 2. The second kappa shape index (κ2) is 5.63. The molecule has 3 rings (SSSR count). The molecule has 1 aromatic heterocycles. The van der Waals surface area contributed by atoms with E-state index in [-0.39, 0.29) is 5.91 Å². The van der Waals surface area contributed by atoms with Crippen molar-refractivity contribution >= 4 is 11.6 Å². The number of hydrogen-bond donors (Lipinski definition) is 0. The molecule has 0 aliphatic carbocycles. The predicted octanol–water partition coefficient (Wildman–Crippen LogP) is 2.34. The number of nitrogens with zero attached hydrogens (tertiary/aromatic N) is 3. The molecule has 0 saturated carbocycles. The van der Waals surface area contributed by atoms with Crippen molar-refractivity contribution in [3.63, 3.8) is 0 Å². The Balaban J connectivity index is 1.73. The van der Waals surface area contributed by atoms with Gasteiger partial charge >= 0.3 is 0 Å². The largest absolute Gasteiger partial charge is 0.497 e. The van der Waals surface area contributed by atoms with Gasteiger partial charge < -0.3 is 9.57 Å². The minimum absolute atomic E-state index is 0.196. The summed E-state index contributed by atoms with van der Waals surface area (Å²) in [5, 5.41) is 8.23. The Hall–Kier alpha value is -2.63. The number of hydrogen-bond acceptors (Lipinski definition) is 5. The van der Waals surface area contributed by atoms with Crippen LogP contribution in [0.3, 0.4) is 0 Å². The van der Waals surface area contributed by atoms with Gasteiger partial charge in [-0.15, -0.1) is 0 Å². The Labute approximate surface area is 128 Å². The lowest BCUT2D eigenvalue weighted by Crippen LogP contribution is -2.28. The fraction of sp³-hybridized carbons (Fsp3) is 0.312. The zero-order chi connectivity index (χ0) is 15.7. The van der Waals surface area contributed by atoms with E-state index in [1.54, 1.807) is 7.11 Å². The summed E-state index contributed by atoms with van der Waals surface area (Å²) in [7, 11) is 1.62. The van der Waals surface area contributed by atoms with E-state index in [2.05, 4.69) is 10.3 Å². The molecule has 0 saturated heterocycles. The van der Waals surface area contributed by atoms with Crippen molar-refractivity contribution in [2.75, 3.05) is 7.11 Å². The average molecular weight is 299 g/mol. The molecule has 114 valence electrons. The molecule has 2 aromatic rings. The van der Waals surface area contributed by atoms with Gasteiger partial charge in [0.25, 0.3) is 5.91 Å². The van der Waals surface area contributed by atoms with Gasteiger partial charge in [0.1, 0.15) is 5.75 Å². The zero-order valence-electron chi connectivity index (χ0n) is 12.7. The predicted molar refractivity (Wildman–Crippen MR) is 81.3 cm³/mol. The van der Waals surface area contributed by atoms with Crippen molar-refractivity contribution in [3.05, 3.63) is 47.3 Å². The normalized spacial score (nSPS) is 17.0. The Bertz CT molecular complexity index is 732. The van der Waals surface area contributed by atoms with Crippen LogP contribution in [0.4, 0.5) is 0 Å². The van der Waals surface area contributed by atoms with Gasteiger partial charge in [-0.1, -0.05) is 5.16 Å². The molecule has 0 spiro atoms. The summed E-state index contributed by atoms with van der Waals surface area (Å²) in [5.41, 5.74) is 3.27. The Morgan fingerprint density at radius 2 is 2.05 bits per heavy atom. The molecule has 22 heavy (non-hydrogen) atoms. The van der Waals surface area contributed by atoms with Gasteiger partial charge in [-0.2, -0.15) is 5.10 Å². The van der Waals surface area contributed by atoms with Crippen LogP contribution in [0.25, 0.3) is 0 Å². The molecule has 6 nitrogen and oxygen atoms in total. The monoisotopic (exact) mass is 299 g/mol. The molecular formula is C16H17N3O3. The van der Waals surface area contributed by atoms with Gasteiger partial charge in [0.05, 0.1) is 18.5 Å². The number of carbonyl (C=O) groups is 1. The molecule has 0 N–H and O–H groups in total. The first-order valence-corrected chi connectivity index (χ1v) is 7.03. The fourth-order valence-electron chi connectivity index (χ4n) is 2.45. The van der Waals surface area contributed by atoms with E-state index in [0.717, 1.165) is 28.4 Å². The Morgan fingerprint density at radius 1 is 1.32 bits per heavy atom. The first-order valence-electron chi connectivity index (χ1n) is 7.03. The number of carbonyl (C=O) groups excluding carboxylic acids is 1. The molecule has 0 bridgehead atoms. The number of rotatable bonds is 3. The van der Waals surface area contributed by atoms with Crippen LogP contribution in [0.2, 0.25) is 0 Å². The molecule has 1 aliphatic heterocycles. The second-order valence-electron chi connectivity index (χ2n) is 5.24. The quantitative estimate of drug-likeness (QED) is 0.872. The van der Waals surface area contributed by atoms with Gasteiger partial charge in [-0.05, 0) is 49.7 Å². The van der Waals surface area contributed by atoms with E-state index in [9.17, 15) is 4.79 Å². The molecule has 1 aliphatic rings. The maximum atomic E-state index is 12.4. The smallest absolute Gasteiger partial charge is 0.291 e. The first-order chi connectivity index (χ1) is 10.6. The van der Waals surface area contributed by atoms with Crippen LogP contribution < -0.4 is 4.74 Å². The second-order valence-corrected chi connectivity index (χ2v) is 5.24. The third-order valence-corrected chi connectivity index (χ3v) is 3.59. The van der Waals surface area contributed by atoms with E-state index in [0.29, 0.717) is 6.42 Å². The van der Waals surface area contributed by atoms with Crippen molar-refractivity contribution in [1.82, 2.24) is 9.78 Å². The van der Waals surface area contributed by atoms with Gasteiger partial charge in [-0.25, -0.2) is 4.68 Å². The highest BCUT2D eigenvalue weighted by Gasteiger charge is 2.31. The van der Waals surface area contributed by atoms with Crippen molar-refractivity contribution in [2.24, 2.45) is 5.16 Å². The van der Waals surface area contributed by atoms with Crippen LogP contribution in [0.1, 0.15) is 28.2 Å². The van der Waals surface area contributed by atoms with Gasteiger partial charge in [0.2, 0.25) is 6.10 Å². The van der Waals surface area contributed by atoms with Crippen molar-refractivity contribution < 1.29 is 14.4 Å². The molecule has 1 aromatic carbocycles. The third-order valence-electron chi connectivity index (χ3n) is 3.59. The minimum atomic E-state index is -0.630. The van der Waals surface area contributed by atoms with Crippen LogP contribution >= 0.6 is 0 Å². The van der Waals surface area contributed by atoms with Crippen LogP contribution in [0, 0.1) is 13.8 Å². The summed E-state index contributed by atoms with van der Waals surface area (Å²) < 4.78 is 6.51. The van der Waals surface area contributed by atoms with E-state index >= 15 is 0 Å². The summed E-state index contributed by atoms with van der Waals surface area (Å²) in [5.74, 6) is 0.580. The number of ether oxygens (including phenoxy) is 1. The van der Waals surface area contributed by atoms with Crippen LogP contribution in [-0.2, 0) is 4.84 Å². The first kappa shape index (κ1) is 14.3. The lowest BCUT2D eigenvalue weighted by atomic mass is 10.0. The molecule has 0 unspecified atom stereocenters. The molecule has 0 radical (unpaired) electrons. The van der Waals surface area contributed by atoms with Gasteiger partial charge in [0.15, 0.2) is 0 Å². The topological polar surface area (TPSA) is 65.7 Å². The number of oxime groups is 1. The van der Waals surface area contributed by atoms with E-state index in [4.69, 9.17) is 9.57 Å². The zero-order valence-corrected chi connectivity index (χ0v) is 12.7. The van der Waals surface area contributed by atoms with Crippen LogP contribution in [0.15, 0.2) is 35.5 Å².